The van der Waals surface area contributed by atoms with Crippen LogP contribution in [0.15, 0.2) is 25.2 Å². The van der Waals surface area contributed by atoms with Crippen LogP contribution in [0.25, 0.3) is 0 Å². The van der Waals surface area contributed by atoms with Gasteiger partial charge in [0.2, 0.25) is 6.20 Å². The first-order valence-corrected chi connectivity index (χ1v) is 4.08. The van der Waals surface area contributed by atoms with E-state index in [4.69, 9.17) is 0 Å². The van der Waals surface area contributed by atoms with Crippen LogP contribution in [0.5, 0.6) is 0 Å². The third-order valence-electron chi connectivity index (χ3n) is 2.15. The van der Waals surface area contributed by atoms with Gasteiger partial charge in [0.25, 0.3) is 0 Å². The standard InChI is InChI=1S/C9H16N2/c1-4-10-7-8-11(5-2,6-3)9-10/h5,7-9H,2,4,6H2,1,3H3/q+2. The molecule has 0 aliphatic carbocycles. The molecule has 60 valence electrons. The Balaban J connectivity index is 2.85. The molecule has 2 heteroatoms. The van der Waals surface area contributed by atoms with E-state index in [2.05, 4.69) is 43.7 Å². The zero-order chi connectivity index (χ0) is 8.32. The maximum absolute atomic E-state index is 3.82. The van der Waals surface area contributed by atoms with Crippen molar-refractivity contribution < 1.29 is 9.06 Å². The van der Waals surface area contributed by atoms with Crippen LogP contribution >= 0.6 is 0 Å². The number of rotatable bonds is 3. The quantitative estimate of drug-likeness (QED) is 0.426. The molecule has 1 unspecified atom stereocenters. The van der Waals surface area contributed by atoms with Gasteiger partial charge in [-0.3, -0.25) is 0 Å². The van der Waals surface area contributed by atoms with Crippen LogP contribution in [0.1, 0.15) is 13.8 Å². The van der Waals surface area contributed by atoms with Crippen LogP contribution < -0.4 is 0 Å². The molecule has 2 nitrogen and oxygen atoms in total. The molecule has 1 aliphatic heterocycles. The summed E-state index contributed by atoms with van der Waals surface area (Å²) in [6.07, 6.45) is 8.38. The van der Waals surface area contributed by atoms with Gasteiger partial charge >= 0.3 is 6.34 Å². The van der Waals surface area contributed by atoms with Crippen molar-refractivity contribution in [2.45, 2.75) is 13.8 Å². The fourth-order valence-electron chi connectivity index (χ4n) is 1.17. The zero-order valence-electron chi connectivity index (χ0n) is 7.33. The molecule has 1 heterocycles. The molecule has 0 aromatic heterocycles. The van der Waals surface area contributed by atoms with E-state index < -0.39 is 0 Å². The Morgan fingerprint density at radius 2 is 2.27 bits per heavy atom. The van der Waals surface area contributed by atoms with Crippen molar-refractivity contribution in [3.05, 3.63) is 25.2 Å². The van der Waals surface area contributed by atoms with Crippen molar-refractivity contribution in [1.29, 1.82) is 0 Å². The van der Waals surface area contributed by atoms with Gasteiger partial charge in [0, 0.05) is 0 Å². The molecule has 0 aromatic carbocycles. The van der Waals surface area contributed by atoms with E-state index >= 15 is 0 Å². The van der Waals surface area contributed by atoms with Crippen LogP contribution in [-0.2, 0) is 0 Å². The second-order valence-corrected chi connectivity index (χ2v) is 2.74. The normalized spacial score (nSPS) is 28.7. The lowest BCUT2D eigenvalue weighted by atomic mass is 10.5. The van der Waals surface area contributed by atoms with E-state index in [1.165, 1.54) is 0 Å². The highest BCUT2D eigenvalue weighted by Crippen LogP contribution is 2.10. The van der Waals surface area contributed by atoms with E-state index in [9.17, 15) is 0 Å². The Morgan fingerprint density at radius 3 is 2.55 bits per heavy atom. The van der Waals surface area contributed by atoms with Crippen LogP contribution in [0.2, 0.25) is 0 Å². The monoisotopic (exact) mass is 152 g/mol. The maximum Gasteiger partial charge on any atom is 0.341 e. The highest BCUT2D eigenvalue weighted by atomic mass is 15.4. The molecule has 0 spiro atoms. The molecule has 1 atom stereocenters. The Hall–Kier alpha value is -0.890. The lowest BCUT2D eigenvalue weighted by molar-refractivity contribution is -0.732. The lowest BCUT2D eigenvalue weighted by Gasteiger charge is -2.15. The largest absolute Gasteiger partial charge is 0.341 e. The summed E-state index contributed by atoms with van der Waals surface area (Å²) in [5.41, 5.74) is 0. The first-order valence-electron chi connectivity index (χ1n) is 4.08. The Kier molecular flexibility index (Phi) is 2.25. The maximum atomic E-state index is 3.82. The predicted octanol–water partition coefficient (Wildman–Crippen LogP) is 1.51. The second kappa shape index (κ2) is 3.01. The summed E-state index contributed by atoms with van der Waals surface area (Å²) in [7, 11) is 0. The Morgan fingerprint density at radius 1 is 1.55 bits per heavy atom. The summed E-state index contributed by atoms with van der Waals surface area (Å²) < 4.78 is 2.94. The molecule has 0 saturated heterocycles. The number of hydrogen-bond acceptors (Lipinski definition) is 0. The minimum Gasteiger partial charge on any atom is -0.186 e. The van der Waals surface area contributed by atoms with Crippen LogP contribution in [-0.4, -0.2) is 28.5 Å². The van der Waals surface area contributed by atoms with E-state index in [1.807, 2.05) is 6.20 Å². The summed E-state index contributed by atoms with van der Waals surface area (Å²) in [6, 6.07) is 0. The summed E-state index contributed by atoms with van der Waals surface area (Å²) in [4.78, 5) is 0. The van der Waals surface area contributed by atoms with Gasteiger partial charge in [0.05, 0.1) is 6.54 Å². The molecule has 0 N–H and O–H groups in total. The van der Waals surface area contributed by atoms with Crippen molar-refractivity contribution >= 4 is 6.34 Å². The van der Waals surface area contributed by atoms with E-state index in [-0.39, 0.29) is 0 Å². The molecule has 1 rings (SSSR count). The summed E-state index contributed by atoms with van der Waals surface area (Å²) in [5, 5.41) is 0. The van der Waals surface area contributed by atoms with Crippen molar-refractivity contribution in [3.63, 3.8) is 0 Å². The Bertz CT molecular complexity index is 216. The molecular weight excluding hydrogens is 136 g/mol. The van der Waals surface area contributed by atoms with Gasteiger partial charge in [0.15, 0.2) is 12.7 Å². The summed E-state index contributed by atoms with van der Waals surface area (Å²) in [6.45, 7) is 10.2. The van der Waals surface area contributed by atoms with Gasteiger partial charge in [-0.25, -0.2) is 0 Å². The molecule has 0 amide bonds. The fourth-order valence-corrected chi connectivity index (χ4v) is 1.17. The Labute approximate surface area is 68.3 Å². The number of nitrogens with zero attached hydrogens (tertiary/aromatic N) is 2. The summed E-state index contributed by atoms with van der Waals surface area (Å²) >= 11 is 0. The predicted molar refractivity (Wildman–Crippen MR) is 47.0 cm³/mol. The van der Waals surface area contributed by atoms with E-state index in [1.54, 1.807) is 0 Å². The molecule has 0 radical (unpaired) electrons. The van der Waals surface area contributed by atoms with Crippen molar-refractivity contribution in [2.24, 2.45) is 0 Å². The fraction of sp³-hybridized carbons (Fsp3) is 0.444. The van der Waals surface area contributed by atoms with Crippen molar-refractivity contribution in [1.82, 2.24) is 0 Å². The van der Waals surface area contributed by atoms with Gasteiger partial charge in [-0.2, -0.15) is 9.06 Å². The van der Waals surface area contributed by atoms with E-state index in [0.717, 1.165) is 17.6 Å². The molecular formula is C9H16N2+2. The highest BCUT2D eigenvalue weighted by Gasteiger charge is 2.27. The number of hydrogen-bond donors (Lipinski definition) is 0. The molecule has 1 aliphatic rings. The molecule has 11 heavy (non-hydrogen) atoms. The van der Waals surface area contributed by atoms with Gasteiger partial charge in [-0.15, -0.1) is 0 Å². The lowest BCUT2D eigenvalue weighted by Crippen LogP contribution is -2.34. The smallest absolute Gasteiger partial charge is 0.186 e. The van der Waals surface area contributed by atoms with Crippen LogP contribution in [0, 0.1) is 0 Å². The zero-order valence-corrected chi connectivity index (χ0v) is 7.33. The summed E-state index contributed by atoms with van der Waals surface area (Å²) in [5.74, 6) is 0. The molecule has 0 saturated carbocycles. The molecule has 0 aromatic rings. The van der Waals surface area contributed by atoms with Crippen molar-refractivity contribution in [2.75, 3.05) is 13.1 Å². The van der Waals surface area contributed by atoms with Gasteiger partial charge in [0.1, 0.15) is 6.20 Å². The highest BCUT2D eigenvalue weighted by molar-refractivity contribution is 5.44. The van der Waals surface area contributed by atoms with Crippen LogP contribution in [0.4, 0.5) is 0 Å². The third kappa shape index (κ3) is 1.40. The minimum absolute atomic E-state index is 0.772. The van der Waals surface area contributed by atoms with Gasteiger partial charge in [-0.05, 0) is 20.4 Å². The van der Waals surface area contributed by atoms with Crippen molar-refractivity contribution in [3.8, 4) is 0 Å². The average Bonchev–Trinajstić information content (AvgIpc) is 2.49. The topological polar surface area (TPSA) is 3.01 Å². The first-order chi connectivity index (χ1) is 5.26. The third-order valence-corrected chi connectivity index (χ3v) is 2.15. The SMILES string of the molecule is C=C[N+]1(CC)C=C[N+](CC)=C1. The molecule has 0 fully saturated rings. The first kappa shape index (κ1) is 8.21. The second-order valence-electron chi connectivity index (χ2n) is 2.74. The molecule has 0 bridgehead atoms. The average molecular weight is 152 g/mol. The number of quaternary nitrogens is 1. The van der Waals surface area contributed by atoms with Crippen LogP contribution in [0.3, 0.4) is 0 Å². The van der Waals surface area contributed by atoms with Gasteiger partial charge in [-0.1, -0.05) is 0 Å². The minimum atomic E-state index is 0.772. The van der Waals surface area contributed by atoms with E-state index in [0.29, 0.717) is 0 Å². The van der Waals surface area contributed by atoms with Gasteiger partial charge < -0.3 is 0 Å².